The molecule has 4 aromatic rings. The van der Waals surface area contributed by atoms with Gasteiger partial charge in [-0.3, -0.25) is 4.68 Å². The molecule has 0 fully saturated rings. The molecule has 0 saturated heterocycles. The first-order chi connectivity index (χ1) is 11.7. The third-order valence-electron chi connectivity index (χ3n) is 3.85. The summed E-state index contributed by atoms with van der Waals surface area (Å²) in [5.74, 6) is -0.241. The largest absolute Gasteiger partial charge is 0.268 e. The van der Waals surface area contributed by atoms with Crippen molar-refractivity contribution in [1.29, 1.82) is 0 Å². The molecular formula is C19H13ClFN3. The van der Waals surface area contributed by atoms with E-state index in [0.29, 0.717) is 11.6 Å². The molecule has 0 aliphatic rings. The smallest absolute Gasteiger partial charge is 0.123 e. The molecule has 0 saturated carbocycles. The van der Waals surface area contributed by atoms with Crippen LogP contribution in [-0.4, -0.2) is 14.8 Å². The summed E-state index contributed by atoms with van der Waals surface area (Å²) in [4.78, 5) is 4.65. The van der Waals surface area contributed by atoms with Crippen LogP contribution in [0.3, 0.4) is 0 Å². The lowest BCUT2D eigenvalue weighted by Gasteiger charge is -2.04. The maximum Gasteiger partial charge on any atom is 0.123 e. The van der Waals surface area contributed by atoms with E-state index in [9.17, 15) is 4.39 Å². The molecule has 0 unspecified atom stereocenters. The van der Waals surface area contributed by atoms with Crippen LogP contribution in [0.15, 0.2) is 67.0 Å². The molecule has 0 bridgehead atoms. The molecular weight excluding hydrogens is 325 g/mol. The average molecular weight is 338 g/mol. The number of nitrogens with zero attached hydrogens (tertiary/aromatic N) is 3. The second-order valence-electron chi connectivity index (χ2n) is 5.56. The van der Waals surface area contributed by atoms with Crippen LogP contribution in [0.1, 0.15) is 5.56 Å². The average Bonchev–Trinajstić information content (AvgIpc) is 3.05. The van der Waals surface area contributed by atoms with Crippen molar-refractivity contribution in [1.82, 2.24) is 14.8 Å². The van der Waals surface area contributed by atoms with Gasteiger partial charge in [0.2, 0.25) is 0 Å². The lowest BCUT2D eigenvalue weighted by molar-refractivity contribution is 0.624. The summed E-state index contributed by atoms with van der Waals surface area (Å²) in [5, 5.41) is 5.96. The third kappa shape index (κ3) is 2.88. The molecule has 0 spiro atoms. The Labute approximate surface area is 143 Å². The Morgan fingerprint density at radius 2 is 1.83 bits per heavy atom. The predicted molar refractivity (Wildman–Crippen MR) is 93.5 cm³/mol. The maximum absolute atomic E-state index is 13.0. The van der Waals surface area contributed by atoms with Crippen molar-refractivity contribution >= 4 is 22.5 Å². The number of hydrogen-bond acceptors (Lipinski definition) is 2. The van der Waals surface area contributed by atoms with E-state index in [-0.39, 0.29) is 5.82 Å². The number of hydrogen-bond donors (Lipinski definition) is 0. The molecule has 118 valence electrons. The zero-order chi connectivity index (χ0) is 16.5. The molecule has 0 atom stereocenters. The van der Waals surface area contributed by atoms with Gasteiger partial charge in [0, 0.05) is 17.1 Å². The highest BCUT2D eigenvalue weighted by Crippen LogP contribution is 2.27. The van der Waals surface area contributed by atoms with Crippen LogP contribution < -0.4 is 0 Å². The molecule has 4 rings (SSSR count). The van der Waals surface area contributed by atoms with Crippen LogP contribution in [0.25, 0.3) is 22.2 Å². The zero-order valence-corrected chi connectivity index (χ0v) is 13.4. The van der Waals surface area contributed by atoms with Gasteiger partial charge in [0.05, 0.1) is 29.0 Å². The fourth-order valence-electron chi connectivity index (χ4n) is 2.64. The number of para-hydroxylation sites is 1. The highest BCUT2D eigenvalue weighted by Gasteiger charge is 2.08. The highest BCUT2D eigenvalue weighted by atomic mass is 35.5. The van der Waals surface area contributed by atoms with Gasteiger partial charge in [0.25, 0.3) is 0 Å². The van der Waals surface area contributed by atoms with Gasteiger partial charge in [0.15, 0.2) is 0 Å². The van der Waals surface area contributed by atoms with Crippen LogP contribution >= 0.6 is 11.6 Å². The minimum Gasteiger partial charge on any atom is -0.268 e. The Balaban J connectivity index is 1.66. The van der Waals surface area contributed by atoms with E-state index >= 15 is 0 Å². The van der Waals surface area contributed by atoms with Gasteiger partial charge in [-0.25, -0.2) is 9.37 Å². The van der Waals surface area contributed by atoms with E-state index in [1.807, 2.05) is 36.5 Å². The molecule has 2 aromatic heterocycles. The quantitative estimate of drug-likeness (QED) is 0.530. The number of pyridine rings is 1. The Morgan fingerprint density at radius 1 is 1.04 bits per heavy atom. The molecule has 0 radical (unpaired) electrons. The van der Waals surface area contributed by atoms with Gasteiger partial charge < -0.3 is 0 Å². The Bertz CT molecular complexity index is 1010. The van der Waals surface area contributed by atoms with Crippen molar-refractivity contribution in [3.05, 3.63) is 83.4 Å². The number of rotatable bonds is 3. The van der Waals surface area contributed by atoms with Crippen LogP contribution in [0.2, 0.25) is 5.02 Å². The second kappa shape index (κ2) is 6.06. The summed E-state index contributed by atoms with van der Waals surface area (Å²) in [5.41, 5.74) is 3.51. The second-order valence-corrected chi connectivity index (χ2v) is 5.97. The monoisotopic (exact) mass is 337 g/mol. The first kappa shape index (κ1) is 14.8. The molecule has 0 amide bonds. The Hall–Kier alpha value is -2.72. The van der Waals surface area contributed by atoms with E-state index < -0.39 is 0 Å². The maximum atomic E-state index is 13.0. The number of halogens is 2. The topological polar surface area (TPSA) is 30.7 Å². The SMILES string of the molecule is Fc1ccc(Cn2cc(-c3cc(Cl)c4ccccc4n3)cn2)cc1. The molecule has 0 N–H and O–H groups in total. The summed E-state index contributed by atoms with van der Waals surface area (Å²) in [6.45, 7) is 0.571. The zero-order valence-electron chi connectivity index (χ0n) is 12.7. The molecule has 2 aromatic carbocycles. The summed E-state index contributed by atoms with van der Waals surface area (Å²) < 4.78 is 14.8. The molecule has 0 aliphatic carbocycles. The van der Waals surface area contributed by atoms with Crippen LogP contribution in [-0.2, 0) is 6.54 Å². The van der Waals surface area contributed by atoms with Crippen molar-refractivity contribution in [3.63, 3.8) is 0 Å². The molecule has 2 heterocycles. The van der Waals surface area contributed by atoms with Gasteiger partial charge in [-0.05, 0) is 29.8 Å². The lowest BCUT2D eigenvalue weighted by Crippen LogP contribution is -1.99. The number of benzene rings is 2. The predicted octanol–water partition coefficient (Wildman–Crippen LogP) is 4.94. The van der Waals surface area contributed by atoms with Gasteiger partial charge >= 0.3 is 0 Å². The van der Waals surface area contributed by atoms with Crippen molar-refractivity contribution < 1.29 is 4.39 Å². The first-order valence-corrected chi connectivity index (χ1v) is 7.89. The Morgan fingerprint density at radius 3 is 2.67 bits per heavy atom. The van der Waals surface area contributed by atoms with E-state index in [0.717, 1.165) is 27.7 Å². The molecule has 5 heteroatoms. The van der Waals surface area contributed by atoms with E-state index in [1.54, 1.807) is 23.0 Å². The van der Waals surface area contributed by atoms with Crippen LogP contribution in [0, 0.1) is 5.82 Å². The summed E-state index contributed by atoms with van der Waals surface area (Å²) in [7, 11) is 0. The van der Waals surface area contributed by atoms with E-state index in [4.69, 9.17) is 11.6 Å². The summed E-state index contributed by atoms with van der Waals surface area (Å²) in [6, 6.07) is 16.0. The molecule has 24 heavy (non-hydrogen) atoms. The fraction of sp³-hybridized carbons (Fsp3) is 0.0526. The third-order valence-corrected chi connectivity index (χ3v) is 4.17. The standard InChI is InChI=1S/C19H13ClFN3/c20-17-9-19(23-18-4-2-1-3-16(17)18)14-10-22-24(12-14)11-13-5-7-15(21)8-6-13/h1-10,12H,11H2. The van der Waals surface area contributed by atoms with E-state index in [1.165, 1.54) is 12.1 Å². The highest BCUT2D eigenvalue weighted by molar-refractivity contribution is 6.35. The van der Waals surface area contributed by atoms with Crippen molar-refractivity contribution in [2.45, 2.75) is 6.54 Å². The van der Waals surface area contributed by atoms with Crippen LogP contribution in [0.4, 0.5) is 4.39 Å². The minimum absolute atomic E-state index is 0.241. The number of fused-ring (bicyclic) bond motifs is 1. The fourth-order valence-corrected chi connectivity index (χ4v) is 2.90. The normalized spacial score (nSPS) is 11.1. The molecule has 3 nitrogen and oxygen atoms in total. The lowest BCUT2D eigenvalue weighted by atomic mass is 10.1. The minimum atomic E-state index is -0.241. The van der Waals surface area contributed by atoms with E-state index in [2.05, 4.69) is 10.1 Å². The van der Waals surface area contributed by atoms with Crippen molar-refractivity contribution in [2.75, 3.05) is 0 Å². The first-order valence-electron chi connectivity index (χ1n) is 7.51. The van der Waals surface area contributed by atoms with Gasteiger partial charge in [-0.1, -0.05) is 41.9 Å². The van der Waals surface area contributed by atoms with Gasteiger partial charge in [-0.15, -0.1) is 0 Å². The van der Waals surface area contributed by atoms with Gasteiger partial charge in [0.1, 0.15) is 5.82 Å². The molecule has 0 aliphatic heterocycles. The summed E-state index contributed by atoms with van der Waals surface area (Å²) in [6.07, 6.45) is 3.67. The summed E-state index contributed by atoms with van der Waals surface area (Å²) >= 11 is 6.36. The van der Waals surface area contributed by atoms with Crippen molar-refractivity contribution in [3.8, 4) is 11.3 Å². The van der Waals surface area contributed by atoms with Crippen molar-refractivity contribution in [2.24, 2.45) is 0 Å². The van der Waals surface area contributed by atoms with Gasteiger partial charge in [-0.2, -0.15) is 5.10 Å². The number of aromatic nitrogens is 3. The van der Waals surface area contributed by atoms with Crippen LogP contribution in [0.5, 0.6) is 0 Å². The Kier molecular flexibility index (Phi) is 3.75.